The number of amides is 3. The van der Waals surface area contributed by atoms with Crippen molar-refractivity contribution in [2.24, 2.45) is 5.73 Å². The first-order valence-electron chi connectivity index (χ1n) is 25.9. The molecule has 2 aliphatic rings. The molecule has 2 saturated heterocycles. The number of likely N-dealkylation sites (tertiary alicyclic amines) is 2. The van der Waals surface area contributed by atoms with Crippen molar-refractivity contribution in [3.8, 4) is 43.1 Å². The average Bonchev–Trinajstić information content (AvgIpc) is 4.05. The fourth-order valence-corrected chi connectivity index (χ4v) is 10.8. The van der Waals surface area contributed by atoms with E-state index in [4.69, 9.17) is 43.5 Å². The molecular weight excluding hydrogens is 1050 g/mol. The minimum absolute atomic E-state index is 0.00787. The Morgan fingerprint density at radius 3 is 1.48 bits per heavy atom. The summed E-state index contributed by atoms with van der Waals surface area (Å²) in [5.74, 6) is -1.18. The van der Waals surface area contributed by atoms with E-state index in [9.17, 15) is 19.2 Å². The molecule has 6 heterocycles. The first kappa shape index (κ1) is 60.4. The van der Waals surface area contributed by atoms with Gasteiger partial charge in [0.05, 0.1) is 5.56 Å². The fraction of sp³-hybridized carbons (Fsp3) is 0.433. The summed E-state index contributed by atoms with van der Waals surface area (Å²) < 4.78 is 10.7. The van der Waals surface area contributed by atoms with Crippen molar-refractivity contribution in [1.29, 1.82) is 0 Å². The lowest BCUT2D eigenvalue weighted by atomic mass is 9.90. The van der Waals surface area contributed by atoms with Gasteiger partial charge in [0.25, 0.3) is 5.91 Å². The molecule has 6 aromatic rings. The number of carboxylic acids is 1. The number of piperidine rings is 2. The Bertz CT molecular complexity index is 3040. The number of nitrogens with two attached hydrogens (primary N) is 1. The minimum atomic E-state index is -0.981. The van der Waals surface area contributed by atoms with Crippen molar-refractivity contribution < 1.29 is 33.8 Å². The normalized spacial score (nSPS) is 16.0. The fourth-order valence-electron chi connectivity index (χ4n) is 8.38. The Kier molecular flexibility index (Phi) is 19.8. The molecule has 4 aromatic heterocycles. The first-order chi connectivity index (χ1) is 35.9. The standard InChI is InChI=1S/C30H36ClN3O3S.C20H18ClNO2S.C10H20N2O2/c1-29(2,3)26-16-19(11-12-32-26)25-15-21(18-38-25)23-10-9-20(14-24(23)31)27(35)33-22-8-7-13-34(17-22)28(36)37-30(4,5)6;1-20(2,3)18-10-12(6-7-22-18)17-9-14(11-25-17)15-5-4-13(19(23)24)8-16(15)21;1-10(2,3)14-9(13)12-6-4-5-8(11)7-12/h9-12,14-16,18,22H,7-8,13,17H2,1-6H3,(H,33,35);4-11H,1-3H3,(H,23,24);8H,4-7,11H2,1-3H3. The van der Waals surface area contributed by atoms with E-state index in [0.29, 0.717) is 35.2 Å². The SMILES string of the molecule is CC(C)(C)OC(=O)N1CCCC(N)C1.CC(C)(C)OC(=O)N1CCCC(NC(=O)c2ccc(-c3csc(-c4ccnc(C(C)(C)C)c4)c3)c(Cl)c2)C1.CC(C)(C)c1cc(-c2cc(-c3ccc(C(=O)O)cc3Cl)cs2)ccn1. The molecule has 2 aromatic carbocycles. The molecule has 2 atom stereocenters. The van der Waals surface area contributed by atoms with Gasteiger partial charge in [-0.25, -0.2) is 14.4 Å². The molecule has 0 saturated carbocycles. The number of thiophene rings is 2. The molecule has 0 spiro atoms. The average molecular weight is 1130 g/mol. The highest BCUT2D eigenvalue weighted by atomic mass is 35.5. The van der Waals surface area contributed by atoms with Gasteiger partial charge in [-0.1, -0.05) is 76.9 Å². The predicted molar refractivity (Wildman–Crippen MR) is 314 cm³/mol. The van der Waals surface area contributed by atoms with E-state index in [1.54, 1.807) is 56.7 Å². The van der Waals surface area contributed by atoms with Crippen LogP contribution in [0, 0.1) is 0 Å². The smallest absolute Gasteiger partial charge is 0.410 e. The zero-order valence-corrected chi connectivity index (χ0v) is 49.5. The van der Waals surface area contributed by atoms with E-state index >= 15 is 0 Å². The van der Waals surface area contributed by atoms with Gasteiger partial charge < -0.3 is 35.4 Å². The summed E-state index contributed by atoms with van der Waals surface area (Å²) in [6.45, 7) is 26.5. The maximum absolute atomic E-state index is 13.0. The Hall–Kier alpha value is -5.84. The van der Waals surface area contributed by atoms with Crippen LogP contribution in [0.2, 0.25) is 10.0 Å². The van der Waals surface area contributed by atoms with Crippen LogP contribution < -0.4 is 11.1 Å². The van der Waals surface area contributed by atoms with Crippen LogP contribution in [-0.4, -0.2) is 98.4 Å². The molecule has 13 nitrogen and oxygen atoms in total. The van der Waals surface area contributed by atoms with E-state index in [2.05, 4.69) is 86.5 Å². The van der Waals surface area contributed by atoms with Gasteiger partial charge in [-0.2, -0.15) is 0 Å². The number of ether oxygens (including phenoxy) is 2. The third-order valence-electron chi connectivity index (χ3n) is 12.4. The van der Waals surface area contributed by atoms with Crippen molar-refractivity contribution >= 4 is 69.9 Å². The highest BCUT2D eigenvalue weighted by Gasteiger charge is 2.30. The highest BCUT2D eigenvalue weighted by Crippen LogP contribution is 2.39. The summed E-state index contributed by atoms with van der Waals surface area (Å²) in [6, 6.07) is 22.7. The topological polar surface area (TPSA) is 177 Å². The van der Waals surface area contributed by atoms with Crippen LogP contribution in [0.5, 0.6) is 0 Å². The van der Waals surface area contributed by atoms with Gasteiger partial charge in [-0.15, -0.1) is 22.7 Å². The van der Waals surface area contributed by atoms with Crippen LogP contribution in [0.25, 0.3) is 43.1 Å². The molecule has 0 aliphatic carbocycles. The molecule has 0 radical (unpaired) electrons. The van der Waals surface area contributed by atoms with Gasteiger partial charge in [0.15, 0.2) is 0 Å². The lowest BCUT2D eigenvalue weighted by Gasteiger charge is -2.34. The molecule has 2 aliphatic heterocycles. The number of pyridine rings is 2. The molecule has 2 unspecified atom stereocenters. The summed E-state index contributed by atoms with van der Waals surface area (Å²) in [4.78, 5) is 62.7. The molecule has 412 valence electrons. The second-order valence-corrected chi connectivity index (χ2v) is 26.2. The number of benzene rings is 2. The monoisotopic (exact) mass is 1120 g/mol. The van der Waals surface area contributed by atoms with Crippen molar-refractivity contribution in [3.05, 3.63) is 129 Å². The number of nitrogens with zero attached hydrogens (tertiary/aromatic N) is 4. The van der Waals surface area contributed by atoms with Crippen molar-refractivity contribution in [1.82, 2.24) is 25.1 Å². The van der Waals surface area contributed by atoms with Gasteiger partial charge in [-0.3, -0.25) is 14.8 Å². The zero-order chi connectivity index (χ0) is 56.6. The van der Waals surface area contributed by atoms with Gasteiger partial charge in [0.1, 0.15) is 11.2 Å². The number of halogens is 2. The molecule has 4 N–H and O–H groups in total. The van der Waals surface area contributed by atoms with Crippen molar-refractivity contribution in [3.63, 3.8) is 0 Å². The molecule has 0 bridgehead atoms. The maximum atomic E-state index is 13.0. The van der Waals surface area contributed by atoms with E-state index in [0.717, 1.165) is 86.8 Å². The molecule has 17 heteroatoms. The Morgan fingerprint density at radius 1 is 0.610 bits per heavy atom. The molecule has 3 amide bonds. The number of hydrogen-bond donors (Lipinski definition) is 3. The second-order valence-electron chi connectivity index (χ2n) is 23.5. The van der Waals surface area contributed by atoms with Crippen LogP contribution in [0.1, 0.15) is 141 Å². The number of hydrogen-bond acceptors (Lipinski definition) is 11. The Morgan fingerprint density at radius 2 is 1.05 bits per heavy atom. The Labute approximate surface area is 472 Å². The number of carbonyl (C=O) groups is 4. The molecule has 8 rings (SSSR count). The van der Waals surface area contributed by atoms with E-state index in [-0.39, 0.29) is 46.6 Å². The predicted octanol–water partition coefficient (Wildman–Crippen LogP) is 15.0. The van der Waals surface area contributed by atoms with Gasteiger partial charge in [0.2, 0.25) is 0 Å². The third kappa shape index (κ3) is 17.6. The van der Waals surface area contributed by atoms with Gasteiger partial charge in [0, 0.05) is 109 Å². The third-order valence-corrected chi connectivity index (χ3v) is 15.0. The zero-order valence-electron chi connectivity index (χ0n) is 46.4. The number of carbonyl (C=O) groups excluding carboxylic acids is 3. The summed E-state index contributed by atoms with van der Waals surface area (Å²) in [6.07, 6.45) is 6.69. The number of aromatic nitrogens is 2. The lowest BCUT2D eigenvalue weighted by molar-refractivity contribution is 0.0182. The van der Waals surface area contributed by atoms with Crippen LogP contribution in [0.15, 0.2) is 96.0 Å². The maximum Gasteiger partial charge on any atom is 0.410 e. The van der Waals surface area contributed by atoms with E-state index < -0.39 is 17.2 Å². The van der Waals surface area contributed by atoms with Crippen LogP contribution in [0.4, 0.5) is 9.59 Å². The quantitative estimate of drug-likeness (QED) is 0.139. The first-order valence-corrected chi connectivity index (χ1v) is 28.4. The van der Waals surface area contributed by atoms with Crippen LogP contribution in [0.3, 0.4) is 0 Å². The van der Waals surface area contributed by atoms with E-state index in [1.807, 2.05) is 77.5 Å². The second kappa shape index (κ2) is 25.3. The highest BCUT2D eigenvalue weighted by molar-refractivity contribution is 7.14. The molecule has 77 heavy (non-hydrogen) atoms. The molecule has 2 fully saturated rings. The summed E-state index contributed by atoms with van der Waals surface area (Å²) in [7, 11) is 0. The summed E-state index contributed by atoms with van der Waals surface area (Å²) in [5, 5.41) is 17.2. The number of carboxylic acid groups (broad SMARTS) is 1. The lowest BCUT2D eigenvalue weighted by Crippen LogP contribution is -2.50. The van der Waals surface area contributed by atoms with Crippen LogP contribution >= 0.6 is 45.9 Å². The number of nitrogens with one attached hydrogen (secondary N) is 1. The summed E-state index contributed by atoms with van der Waals surface area (Å²) >= 11 is 16.2. The van der Waals surface area contributed by atoms with E-state index in [1.165, 1.54) is 6.07 Å². The summed E-state index contributed by atoms with van der Waals surface area (Å²) in [5.41, 5.74) is 13.5. The van der Waals surface area contributed by atoms with Gasteiger partial charge in [-0.05, 0) is 161 Å². The number of rotatable bonds is 7. The minimum Gasteiger partial charge on any atom is -0.478 e. The molecular formula is C60H74Cl2N6O7S2. The van der Waals surface area contributed by atoms with Gasteiger partial charge >= 0.3 is 18.2 Å². The number of aromatic carboxylic acids is 1. The van der Waals surface area contributed by atoms with Crippen molar-refractivity contribution in [2.75, 3.05) is 26.2 Å². The van der Waals surface area contributed by atoms with Crippen molar-refractivity contribution in [2.45, 2.75) is 143 Å². The Balaban J connectivity index is 0.000000210. The van der Waals surface area contributed by atoms with Crippen LogP contribution in [-0.2, 0) is 20.3 Å². The largest absolute Gasteiger partial charge is 0.478 e.